The van der Waals surface area contributed by atoms with Gasteiger partial charge < -0.3 is 19.8 Å². The van der Waals surface area contributed by atoms with Crippen LogP contribution in [0.1, 0.15) is 16.2 Å². The summed E-state index contributed by atoms with van der Waals surface area (Å²) in [7, 11) is 0. The van der Waals surface area contributed by atoms with E-state index in [1.807, 2.05) is 30.3 Å². The third kappa shape index (κ3) is 3.38. The summed E-state index contributed by atoms with van der Waals surface area (Å²) in [5.74, 6) is 0.322. The Morgan fingerprint density at radius 2 is 1.74 bits per heavy atom. The van der Waals surface area contributed by atoms with Crippen molar-refractivity contribution in [3.05, 3.63) is 80.6 Å². The van der Waals surface area contributed by atoms with Crippen LogP contribution >= 0.6 is 0 Å². The average molecular weight is 363 g/mol. The van der Waals surface area contributed by atoms with Crippen LogP contribution in [0, 0.1) is 0 Å². The molecule has 4 rings (SSSR count). The molecule has 2 aromatic carbocycles. The lowest BCUT2D eigenvalue weighted by Gasteiger charge is -2.04. The lowest BCUT2D eigenvalue weighted by molar-refractivity contribution is 0.0949. The molecule has 2 heterocycles. The zero-order chi connectivity index (χ0) is 18.8. The molecule has 0 saturated heterocycles. The fraction of sp³-hybridized carbons (Fsp3) is 0.0556. The molecule has 0 bridgehead atoms. The molecule has 0 radical (unpaired) electrons. The molecule has 0 unspecified atom stereocenters. The number of aromatic amines is 2. The Balaban J connectivity index is 1.49. The minimum Gasteiger partial charge on any atom is -0.345 e. The van der Waals surface area contributed by atoms with E-state index >= 15 is 0 Å². The number of carbonyl (C=O) groups excluding carboxylic acids is 1. The first-order valence-corrected chi connectivity index (χ1v) is 8.03. The summed E-state index contributed by atoms with van der Waals surface area (Å²) in [6.45, 7) is 0.0787. The van der Waals surface area contributed by atoms with Crippen molar-refractivity contribution in [1.29, 1.82) is 0 Å². The van der Waals surface area contributed by atoms with Crippen LogP contribution in [0.5, 0.6) is 0 Å². The second-order valence-corrected chi connectivity index (χ2v) is 5.73. The summed E-state index contributed by atoms with van der Waals surface area (Å²) in [5.41, 5.74) is 0.373. The molecular formula is C18H13N5O4. The van der Waals surface area contributed by atoms with Crippen molar-refractivity contribution in [2.24, 2.45) is 0 Å². The minimum atomic E-state index is -0.778. The Hall–Kier alpha value is -4.01. The van der Waals surface area contributed by atoms with Gasteiger partial charge in [0.15, 0.2) is 5.82 Å². The zero-order valence-electron chi connectivity index (χ0n) is 13.9. The van der Waals surface area contributed by atoms with E-state index in [1.165, 1.54) is 12.1 Å². The van der Waals surface area contributed by atoms with Crippen LogP contribution < -0.4 is 16.4 Å². The molecule has 9 nitrogen and oxygen atoms in total. The van der Waals surface area contributed by atoms with Crippen LogP contribution in [0.15, 0.2) is 62.6 Å². The van der Waals surface area contributed by atoms with Gasteiger partial charge in [-0.05, 0) is 30.3 Å². The number of amides is 1. The van der Waals surface area contributed by atoms with Crippen molar-refractivity contribution >= 4 is 16.9 Å². The summed E-state index contributed by atoms with van der Waals surface area (Å²) >= 11 is 0. The Morgan fingerprint density at radius 1 is 1.00 bits per heavy atom. The second kappa shape index (κ2) is 6.71. The van der Waals surface area contributed by atoms with Crippen molar-refractivity contribution in [2.45, 2.75) is 6.54 Å². The molecule has 0 fully saturated rings. The van der Waals surface area contributed by atoms with Crippen molar-refractivity contribution < 1.29 is 9.32 Å². The minimum absolute atomic E-state index is 0.0787. The number of hydrogen-bond donors (Lipinski definition) is 3. The topological polar surface area (TPSA) is 134 Å². The molecule has 9 heteroatoms. The summed E-state index contributed by atoms with van der Waals surface area (Å²) in [6.07, 6.45) is 0. The van der Waals surface area contributed by atoms with Gasteiger partial charge in [0.2, 0.25) is 0 Å². The number of benzene rings is 2. The Labute approximate surface area is 151 Å². The third-order valence-electron chi connectivity index (χ3n) is 3.88. The van der Waals surface area contributed by atoms with Gasteiger partial charge in [-0.3, -0.25) is 14.4 Å². The average Bonchev–Trinajstić information content (AvgIpc) is 3.16. The summed E-state index contributed by atoms with van der Waals surface area (Å²) in [6, 6.07) is 13.9. The molecule has 0 aliphatic carbocycles. The largest absolute Gasteiger partial charge is 0.345 e. The molecule has 3 N–H and O–H groups in total. The number of nitrogens with one attached hydrogen (secondary N) is 3. The van der Waals surface area contributed by atoms with E-state index in [0.717, 1.165) is 5.56 Å². The number of carbonyl (C=O) groups is 1. The van der Waals surface area contributed by atoms with E-state index in [2.05, 4.69) is 25.4 Å². The Bertz CT molecular complexity index is 1240. The first-order valence-electron chi connectivity index (χ1n) is 8.03. The predicted molar refractivity (Wildman–Crippen MR) is 96.1 cm³/mol. The van der Waals surface area contributed by atoms with E-state index in [1.54, 1.807) is 6.07 Å². The van der Waals surface area contributed by atoms with E-state index in [-0.39, 0.29) is 12.5 Å². The van der Waals surface area contributed by atoms with Gasteiger partial charge in [0, 0.05) is 11.1 Å². The maximum Gasteiger partial charge on any atom is 0.314 e. The van der Waals surface area contributed by atoms with Crippen LogP contribution in [0.3, 0.4) is 0 Å². The fourth-order valence-corrected chi connectivity index (χ4v) is 2.54. The van der Waals surface area contributed by atoms with Crippen molar-refractivity contribution in [3.8, 4) is 11.5 Å². The van der Waals surface area contributed by atoms with E-state index in [4.69, 9.17) is 4.52 Å². The van der Waals surface area contributed by atoms with Gasteiger partial charge in [0.25, 0.3) is 11.8 Å². The lowest BCUT2D eigenvalue weighted by Crippen LogP contribution is -2.29. The number of rotatable bonds is 4. The number of aromatic nitrogens is 4. The van der Waals surface area contributed by atoms with E-state index < -0.39 is 11.1 Å². The SMILES string of the molecule is O=C(NCc1noc(-c2ccccc2)n1)c1ccc2[nH]c(=O)c(=O)[nH]c2c1. The monoisotopic (exact) mass is 363 g/mol. The summed E-state index contributed by atoms with van der Waals surface area (Å²) in [5, 5.41) is 6.52. The molecule has 134 valence electrons. The van der Waals surface area contributed by atoms with Gasteiger partial charge >= 0.3 is 11.1 Å². The molecule has 0 saturated carbocycles. The molecule has 1 amide bonds. The van der Waals surface area contributed by atoms with E-state index in [9.17, 15) is 14.4 Å². The van der Waals surface area contributed by atoms with E-state index in [0.29, 0.717) is 28.3 Å². The van der Waals surface area contributed by atoms with Crippen LogP contribution in [-0.4, -0.2) is 26.0 Å². The number of H-pyrrole nitrogens is 2. The molecule has 0 atom stereocenters. The van der Waals surface area contributed by atoms with Crippen molar-refractivity contribution in [1.82, 2.24) is 25.4 Å². The fourth-order valence-electron chi connectivity index (χ4n) is 2.54. The van der Waals surface area contributed by atoms with Crippen LogP contribution in [0.4, 0.5) is 0 Å². The lowest BCUT2D eigenvalue weighted by atomic mass is 10.2. The first-order chi connectivity index (χ1) is 13.1. The highest BCUT2D eigenvalue weighted by atomic mass is 16.5. The quantitative estimate of drug-likeness (QED) is 0.466. The molecule has 0 spiro atoms. The van der Waals surface area contributed by atoms with Crippen LogP contribution in [0.2, 0.25) is 0 Å². The predicted octanol–water partition coefficient (Wildman–Crippen LogP) is 1.20. The molecule has 2 aromatic heterocycles. The molecule has 0 aliphatic rings. The second-order valence-electron chi connectivity index (χ2n) is 5.73. The molecular weight excluding hydrogens is 350 g/mol. The van der Waals surface area contributed by atoms with Crippen LogP contribution in [0.25, 0.3) is 22.5 Å². The maximum absolute atomic E-state index is 12.3. The Morgan fingerprint density at radius 3 is 2.52 bits per heavy atom. The van der Waals surface area contributed by atoms with Gasteiger partial charge in [0.05, 0.1) is 17.6 Å². The zero-order valence-corrected chi connectivity index (χ0v) is 13.9. The highest BCUT2D eigenvalue weighted by molar-refractivity contribution is 5.97. The van der Waals surface area contributed by atoms with Gasteiger partial charge in [-0.1, -0.05) is 23.4 Å². The number of fused-ring (bicyclic) bond motifs is 1. The third-order valence-corrected chi connectivity index (χ3v) is 3.88. The normalized spacial score (nSPS) is 10.8. The van der Waals surface area contributed by atoms with Gasteiger partial charge in [-0.15, -0.1) is 0 Å². The highest BCUT2D eigenvalue weighted by Crippen LogP contribution is 2.16. The van der Waals surface area contributed by atoms with Crippen molar-refractivity contribution in [3.63, 3.8) is 0 Å². The molecule has 0 aliphatic heterocycles. The maximum atomic E-state index is 12.3. The molecule has 27 heavy (non-hydrogen) atoms. The highest BCUT2D eigenvalue weighted by Gasteiger charge is 2.11. The molecule has 4 aromatic rings. The first kappa shape index (κ1) is 16.5. The van der Waals surface area contributed by atoms with Gasteiger partial charge in [-0.2, -0.15) is 4.98 Å². The summed E-state index contributed by atoms with van der Waals surface area (Å²) in [4.78, 5) is 44.2. The number of nitrogens with zero attached hydrogens (tertiary/aromatic N) is 2. The number of hydrogen-bond acceptors (Lipinski definition) is 6. The van der Waals surface area contributed by atoms with Gasteiger partial charge in [-0.25, -0.2) is 0 Å². The Kier molecular flexibility index (Phi) is 4.09. The van der Waals surface area contributed by atoms with Gasteiger partial charge in [0.1, 0.15) is 0 Å². The summed E-state index contributed by atoms with van der Waals surface area (Å²) < 4.78 is 5.18. The smallest absolute Gasteiger partial charge is 0.314 e. The van der Waals surface area contributed by atoms with Crippen LogP contribution in [-0.2, 0) is 6.54 Å². The van der Waals surface area contributed by atoms with Crippen molar-refractivity contribution in [2.75, 3.05) is 0 Å². The standard InChI is InChI=1S/C18H13N5O4/c24-15(11-6-7-12-13(8-11)21-17(26)16(25)20-12)19-9-14-22-18(27-23-14)10-4-2-1-3-5-10/h1-8H,9H2,(H,19,24)(H,20,25)(H,21,26).